The zero-order valence-electron chi connectivity index (χ0n) is 17.0. The van der Waals surface area contributed by atoms with Crippen molar-refractivity contribution in [1.82, 2.24) is 34.6 Å². The molecule has 5 atom stereocenters. The predicted octanol–water partition coefficient (Wildman–Crippen LogP) is -2.12. The Hall–Kier alpha value is -3.14. The zero-order chi connectivity index (χ0) is 23.8. The molecule has 3 aromatic rings. The van der Waals surface area contributed by atoms with E-state index in [0.717, 1.165) is 0 Å². The van der Waals surface area contributed by atoms with Crippen LogP contribution < -0.4 is 22.1 Å². The lowest BCUT2D eigenvalue weighted by Crippen LogP contribution is -2.41. The monoisotopic (exact) mass is 483 g/mol. The number of anilines is 1. The van der Waals surface area contributed by atoms with Crippen LogP contribution in [-0.2, 0) is 25.0 Å². The van der Waals surface area contributed by atoms with Crippen LogP contribution in [0, 0.1) is 0 Å². The van der Waals surface area contributed by atoms with Crippen LogP contribution >= 0.6 is 7.75 Å². The number of hydrogen-bond acceptors (Lipinski definition) is 11. The summed E-state index contributed by atoms with van der Waals surface area (Å²) in [6.07, 6.45) is 1.45. The van der Waals surface area contributed by atoms with Gasteiger partial charge in [-0.25, -0.2) is 14.5 Å². The highest BCUT2D eigenvalue weighted by atomic mass is 31.2. The number of fused-ring (bicyclic) bond motifs is 1. The summed E-state index contributed by atoms with van der Waals surface area (Å²) in [6, 6.07) is -1.12. The average molecular weight is 483 g/mol. The van der Waals surface area contributed by atoms with Crippen LogP contribution in [-0.4, -0.2) is 70.3 Å². The molecule has 0 bridgehead atoms. The van der Waals surface area contributed by atoms with Gasteiger partial charge in [-0.05, 0) is 0 Å². The third-order valence-electron chi connectivity index (χ3n) is 4.96. The fraction of sp³-hybridized carbons (Fsp3) is 0.438. The molecule has 1 amide bonds. The number of carbonyl (C=O) groups excluding carboxylic acids is 1. The van der Waals surface area contributed by atoms with Gasteiger partial charge in [-0.3, -0.25) is 28.8 Å². The van der Waals surface area contributed by atoms with E-state index in [0.29, 0.717) is 5.69 Å². The number of aliphatic hydroxyl groups excluding tert-OH is 1. The van der Waals surface area contributed by atoms with E-state index in [1.807, 2.05) is 5.09 Å². The lowest BCUT2D eigenvalue weighted by molar-refractivity contribution is -0.121. The summed E-state index contributed by atoms with van der Waals surface area (Å²) in [7, 11) is -4.59. The summed E-state index contributed by atoms with van der Waals surface area (Å²) >= 11 is 0. The van der Waals surface area contributed by atoms with Crippen molar-refractivity contribution in [2.24, 2.45) is 5.73 Å². The molecule has 1 unspecified atom stereocenters. The molecule has 16 nitrogen and oxygen atoms in total. The first-order valence-electron chi connectivity index (χ1n) is 9.71. The molecule has 0 radical (unpaired) electrons. The quantitative estimate of drug-likeness (QED) is 0.170. The van der Waals surface area contributed by atoms with E-state index in [1.54, 1.807) is 0 Å². The topological polar surface area (TPSA) is 249 Å². The molecule has 33 heavy (non-hydrogen) atoms. The van der Waals surface area contributed by atoms with Crippen molar-refractivity contribution in [3.63, 3.8) is 0 Å². The average Bonchev–Trinajstić information content (AvgIpc) is 3.46. The Kier molecular flexibility index (Phi) is 6.29. The normalized spacial score (nSPS) is 23.4. The summed E-state index contributed by atoms with van der Waals surface area (Å²) in [5.74, 6) is -1.02. The fourth-order valence-electron chi connectivity index (χ4n) is 3.34. The molecule has 178 valence electrons. The number of amides is 1. The maximum absolute atomic E-state index is 12.3. The molecule has 17 heteroatoms. The molecule has 0 saturated carbocycles. The molecule has 4 rings (SSSR count). The van der Waals surface area contributed by atoms with Crippen LogP contribution in [0.3, 0.4) is 0 Å². The summed E-state index contributed by atoms with van der Waals surface area (Å²) in [5, 5.41) is 12.2. The number of nitrogen functional groups attached to an aromatic ring is 1. The summed E-state index contributed by atoms with van der Waals surface area (Å²) in [5.41, 5.74) is 11.5. The van der Waals surface area contributed by atoms with E-state index in [2.05, 4.69) is 24.9 Å². The molecule has 1 saturated heterocycles. The molecule has 4 heterocycles. The van der Waals surface area contributed by atoms with Crippen LogP contribution in [0.1, 0.15) is 18.3 Å². The molecule has 9 N–H and O–H groups in total. The summed E-state index contributed by atoms with van der Waals surface area (Å²) in [6.45, 7) is -0.510. The maximum Gasteiger partial charge on any atom is 0.432 e. The number of nitrogens with one attached hydrogen (secondary N) is 3. The van der Waals surface area contributed by atoms with Crippen molar-refractivity contribution in [2.45, 2.75) is 37.3 Å². The maximum atomic E-state index is 12.3. The molecule has 0 aliphatic carbocycles. The Labute approximate surface area is 184 Å². The first-order chi connectivity index (χ1) is 15.6. The van der Waals surface area contributed by atoms with E-state index >= 15 is 0 Å². The number of nitrogens with zero attached hydrogens (tertiary/aromatic N) is 4. The number of nitrogens with two attached hydrogens (primary N) is 2. The first-order valence-corrected chi connectivity index (χ1v) is 11.3. The van der Waals surface area contributed by atoms with Crippen molar-refractivity contribution >= 4 is 30.8 Å². The van der Waals surface area contributed by atoms with Crippen LogP contribution in [0.25, 0.3) is 11.2 Å². The highest BCUT2D eigenvalue weighted by Crippen LogP contribution is 2.39. The number of carbonyl (C=O) groups is 1. The zero-order valence-corrected chi connectivity index (χ0v) is 17.9. The number of rotatable bonds is 8. The van der Waals surface area contributed by atoms with E-state index in [9.17, 15) is 24.2 Å². The second-order valence-electron chi connectivity index (χ2n) is 7.39. The summed E-state index contributed by atoms with van der Waals surface area (Å²) in [4.78, 5) is 50.9. The van der Waals surface area contributed by atoms with Crippen LogP contribution in [0.2, 0.25) is 0 Å². The standard InChI is InChI=1S/C16H22N9O7P/c17-8(1-7-3-19-5-20-7)14(27)24-33(29,30)31-4-10-9(26)2-11(32-10)25-6-21-12-13(25)22-16(18)23-15(12)28/h3,5-6,8-11,26H,1-2,4,17H2,(H,19,20)(H3,18,22,23,28)(H2,24,27,29,30)/t8-,9-,10+,11-/m0/s1. The van der Waals surface area contributed by atoms with E-state index in [-0.39, 0.29) is 30.0 Å². The first kappa shape index (κ1) is 23.0. The highest BCUT2D eigenvalue weighted by Gasteiger charge is 2.38. The fourth-order valence-corrected chi connectivity index (χ4v) is 4.20. The third kappa shape index (κ3) is 5.11. The Bertz CT molecular complexity index is 1240. The largest absolute Gasteiger partial charge is 0.432 e. The third-order valence-corrected chi connectivity index (χ3v) is 5.96. The van der Waals surface area contributed by atoms with Crippen molar-refractivity contribution in [3.8, 4) is 0 Å². The van der Waals surface area contributed by atoms with Gasteiger partial charge in [0, 0.05) is 24.7 Å². The number of imidazole rings is 2. The van der Waals surface area contributed by atoms with Crippen molar-refractivity contribution < 1.29 is 28.6 Å². The Morgan fingerprint density at radius 3 is 3.03 bits per heavy atom. The molecule has 1 fully saturated rings. The van der Waals surface area contributed by atoms with Crippen molar-refractivity contribution in [3.05, 3.63) is 34.9 Å². The minimum Gasteiger partial charge on any atom is -0.390 e. The van der Waals surface area contributed by atoms with E-state index in [1.165, 1.54) is 23.4 Å². The van der Waals surface area contributed by atoms with Crippen LogP contribution in [0.4, 0.5) is 5.95 Å². The number of ether oxygens (including phenoxy) is 1. The Morgan fingerprint density at radius 1 is 1.52 bits per heavy atom. The molecule has 1 aliphatic heterocycles. The van der Waals surface area contributed by atoms with Crippen LogP contribution in [0.15, 0.2) is 23.6 Å². The second-order valence-corrected chi connectivity index (χ2v) is 8.91. The van der Waals surface area contributed by atoms with Crippen molar-refractivity contribution in [1.29, 1.82) is 0 Å². The lowest BCUT2D eigenvalue weighted by Gasteiger charge is -2.19. The number of H-pyrrole nitrogens is 2. The highest BCUT2D eigenvalue weighted by molar-refractivity contribution is 7.51. The van der Waals surface area contributed by atoms with Gasteiger partial charge in [0.25, 0.3) is 5.56 Å². The molecule has 0 aromatic carbocycles. The van der Waals surface area contributed by atoms with Gasteiger partial charge in [0.15, 0.2) is 11.2 Å². The molecular formula is C16H22N9O7P. The SMILES string of the molecule is Nc1nc2c(ncn2[C@@H]2C[C@H](O)[C@@H](COP(=O)(O)NC(=O)[C@@H](N)Cc3cnc[nH]3)O2)c(=O)[nH]1. The Morgan fingerprint density at radius 2 is 2.30 bits per heavy atom. The molecule has 0 spiro atoms. The van der Waals surface area contributed by atoms with Gasteiger partial charge in [-0.1, -0.05) is 0 Å². The van der Waals surface area contributed by atoms with Gasteiger partial charge in [0.1, 0.15) is 12.3 Å². The number of hydrogen-bond donors (Lipinski definition) is 7. The molecule has 1 aliphatic rings. The summed E-state index contributed by atoms with van der Waals surface area (Å²) < 4.78 is 24.3. The van der Waals surface area contributed by atoms with E-state index < -0.39 is 50.3 Å². The molecule has 3 aromatic heterocycles. The smallest absolute Gasteiger partial charge is 0.390 e. The number of aliphatic hydroxyl groups is 1. The lowest BCUT2D eigenvalue weighted by atomic mass is 10.2. The van der Waals surface area contributed by atoms with Gasteiger partial charge in [-0.2, -0.15) is 4.98 Å². The van der Waals surface area contributed by atoms with Gasteiger partial charge in [0.2, 0.25) is 11.9 Å². The second kappa shape index (κ2) is 9.01. The number of aromatic nitrogens is 6. The van der Waals surface area contributed by atoms with Crippen LogP contribution in [0.5, 0.6) is 0 Å². The number of aromatic amines is 2. The van der Waals surface area contributed by atoms with E-state index in [4.69, 9.17) is 20.7 Å². The van der Waals surface area contributed by atoms with Gasteiger partial charge >= 0.3 is 7.75 Å². The van der Waals surface area contributed by atoms with Gasteiger partial charge in [-0.15, -0.1) is 0 Å². The van der Waals surface area contributed by atoms with Gasteiger partial charge in [0.05, 0.1) is 31.4 Å². The predicted molar refractivity (Wildman–Crippen MR) is 111 cm³/mol. The minimum absolute atomic E-state index is 0.0380. The van der Waals surface area contributed by atoms with Gasteiger partial charge < -0.3 is 31.2 Å². The van der Waals surface area contributed by atoms with Crippen molar-refractivity contribution in [2.75, 3.05) is 12.3 Å². The minimum atomic E-state index is -4.59. The Balaban J connectivity index is 1.35. The molecular weight excluding hydrogens is 461 g/mol.